The van der Waals surface area contributed by atoms with Crippen molar-refractivity contribution >= 4 is 21.9 Å². The number of hydrogen-bond donors (Lipinski definition) is 1. The molecule has 0 aliphatic carbocycles. The lowest BCUT2D eigenvalue weighted by molar-refractivity contribution is -0.137. The molecule has 3 heteroatoms. The van der Waals surface area contributed by atoms with Gasteiger partial charge in [-0.15, -0.1) is 0 Å². The Morgan fingerprint density at radius 1 is 1.21 bits per heavy atom. The molecular weight excluding hydrogens is 244 g/mol. The maximum absolute atomic E-state index is 10.3. The average Bonchev–Trinajstić information content (AvgIpc) is 2.14. The number of alkyl halides is 1. The third-order valence-corrected chi connectivity index (χ3v) is 3.21. The van der Waals surface area contributed by atoms with Gasteiger partial charge in [0.15, 0.2) is 0 Å². The first kappa shape index (κ1) is 13.9. The van der Waals surface area contributed by atoms with Crippen LogP contribution in [0.2, 0.25) is 0 Å². The van der Waals surface area contributed by atoms with Crippen LogP contribution >= 0.6 is 15.9 Å². The number of hydrogen-bond acceptors (Lipinski definition) is 1. The lowest BCUT2D eigenvalue weighted by Gasteiger charge is -2.07. The predicted molar refractivity (Wildman–Crippen MR) is 63.0 cm³/mol. The van der Waals surface area contributed by atoms with Gasteiger partial charge >= 0.3 is 5.97 Å². The smallest absolute Gasteiger partial charge is 0.303 e. The Labute approximate surface area is 95.2 Å². The monoisotopic (exact) mass is 264 g/mol. The normalized spacial score (nSPS) is 12.7. The summed E-state index contributed by atoms with van der Waals surface area (Å²) in [6.45, 7) is 2.21. The second-order valence-electron chi connectivity index (χ2n) is 3.73. The molecule has 1 N–H and O–H groups in total. The summed E-state index contributed by atoms with van der Waals surface area (Å²) >= 11 is 3.51. The van der Waals surface area contributed by atoms with Crippen LogP contribution in [0.15, 0.2) is 0 Å². The van der Waals surface area contributed by atoms with Gasteiger partial charge in [-0.2, -0.15) is 0 Å². The molecule has 0 rings (SSSR count). The van der Waals surface area contributed by atoms with E-state index >= 15 is 0 Å². The van der Waals surface area contributed by atoms with E-state index in [0.717, 1.165) is 12.8 Å². The number of unbranched alkanes of at least 4 members (excludes halogenated alkanes) is 4. The number of carboxylic acids is 1. The molecule has 0 amide bonds. The van der Waals surface area contributed by atoms with Crippen molar-refractivity contribution in [1.29, 1.82) is 0 Å². The van der Waals surface area contributed by atoms with E-state index in [2.05, 4.69) is 22.9 Å². The lowest BCUT2D eigenvalue weighted by Crippen LogP contribution is -2.03. The van der Waals surface area contributed by atoms with E-state index in [4.69, 9.17) is 5.11 Å². The molecule has 1 unspecified atom stereocenters. The minimum absolute atomic E-state index is 0.283. The summed E-state index contributed by atoms with van der Waals surface area (Å²) in [5.41, 5.74) is 0. The lowest BCUT2D eigenvalue weighted by atomic mass is 10.1. The second-order valence-corrected chi connectivity index (χ2v) is 5.03. The Hall–Kier alpha value is -0.0500. The van der Waals surface area contributed by atoms with Gasteiger partial charge in [-0.1, -0.05) is 55.0 Å². The van der Waals surface area contributed by atoms with Crippen LogP contribution in [0.4, 0.5) is 0 Å². The van der Waals surface area contributed by atoms with Crippen LogP contribution < -0.4 is 0 Å². The summed E-state index contributed by atoms with van der Waals surface area (Å²) in [6.07, 6.45) is 8.55. The Kier molecular flexibility index (Phi) is 9.47. The van der Waals surface area contributed by atoms with Crippen LogP contribution in [-0.2, 0) is 4.79 Å². The van der Waals surface area contributed by atoms with Gasteiger partial charge in [0, 0.05) is 11.2 Å². The number of carbonyl (C=O) groups is 1. The largest absolute Gasteiger partial charge is 0.481 e. The first-order chi connectivity index (χ1) is 6.66. The van der Waals surface area contributed by atoms with Gasteiger partial charge in [-0.25, -0.2) is 0 Å². The third kappa shape index (κ3) is 10.0. The molecule has 0 aromatic heterocycles. The molecule has 0 saturated carbocycles. The van der Waals surface area contributed by atoms with Crippen LogP contribution in [0.1, 0.15) is 58.3 Å². The van der Waals surface area contributed by atoms with E-state index in [1.807, 2.05) is 0 Å². The van der Waals surface area contributed by atoms with Crippen LogP contribution in [0, 0.1) is 0 Å². The molecule has 84 valence electrons. The molecular formula is C11H21BrO2. The van der Waals surface area contributed by atoms with Crippen molar-refractivity contribution in [2.45, 2.75) is 63.1 Å². The number of aliphatic carboxylic acids is 1. The summed E-state index contributed by atoms with van der Waals surface area (Å²) < 4.78 is 0. The fourth-order valence-electron chi connectivity index (χ4n) is 1.39. The molecule has 0 radical (unpaired) electrons. The number of rotatable bonds is 9. The zero-order valence-electron chi connectivity index (χ0n) is 8.97. The maximum Gasteiger partial charge on any atom is 0.303 e. The molecule has 0 aliphatic rings. The fourth-order valence-corrected chi connectivity index (χ4v) is 1.95. The Bertz CT molecular complexity index is 148. The third-order valence-electron chi connectivity index (χ3n) is 2.29. The van der Waals surface area contributed by atoms with Crippen molar-refractivity contribution in [3.05, 3.63) is 0 Å². The van der Waals surface area contributed by atoms with Crippen molar-refractivity contribution in [2.75, 3.05) is 0 Å². The fraction of sp³-hybridized carbons (Fsp3) is 0.909. The molecule has 0 saturated heterocycles. The average molecular weight is 265 g/mol. The van der Waals surface area contributed by atoms with Crippen molar-refractivity contribution in [3.63, 3.8) is 0 Å². The Morgan fingerprint density at radius 2 is 1.86 bits per heavy atom. The minimum atomic E-state index is -0.694. The predicted octanol–water partition coefficient (Wildman–Crippen LogP) is 3.98. The van der Waals surface area contributed by atoms with Crippen LogP contribution in [0.25, 0.3) is 0 Å². The Morgan fingerprint density at radius 3 is 2.43 bits per heavy atom. The highest BCUT2D eigenvalue weighted by Gasteiger charge is 2.06. The SMILES string of the molecule is CCCCCCCC(Br)CCC(=O)O. The van der Waals surface area contributed by atoms with Crippen LogP contribution in [0.5, 0.6) is 0 Å². The molecule has 0 heterocycles. The van der Waals surface area contributed by atoms with Gasteiger partial charge < -0.3 is 5.11 Å². The molecule has 0 spiro atoms. The zero-order valence-corrected chi connectivity index (χ0v) is 10.6. The molecule has 0 aliphatic heterocycles. The quantitative estimate of drug-likeness (QED) is 0.506. The van der Waals surface area contributed by atoms with E-state index in [1.165, 1.54) is 32.1 Å². The summed E-state index contributed by atoms with van der Waals surface area (Å²) in [7, 11) is 0. The molecule has 0 aromatic carbocycles. The molecule has 0 bridgehead atoms. The maximum atomic E-state index is 10.3. The van der Waals surface area contributed by atoms with E-state index in [-0.39, 0.29) is 6.42 Å². The highest BCUT2D eigenvalue weighted by molar-refractivity contribution is 9.09. The van der Waals surface area contributed by atoms with Gasteiger partial charge in [-0.3, -0.25) is 4.79 Å². The van der Waals surface area contributed by atoms with Crippen molar-refractivity contribution in [1.82, 2.24) is 0 Å². The van der Waals surface area contributed by atoms with E-state index < -0.39 is 5.97 Å². The van der Waals surface area contributed by atoms with Gasteiger partial charge in [-0.05, 0) is 12.8 Å². The molecule has 0 fully saturated rings. The van der Waals surface area contributed by atoms with Gasteiger partial charge in [0.25, 0.3) is 0 Å². The van der Waals surface area contributed by atoms with Gasteiger partial charge in [0.2, 0.25) is 0 Å². The first-order valence-corrected chi connectivity index (χ1v) is 6.44. The van der Waals surface area contributed by atoms with Gasteiger partial charge in [0.05, 0.1) is 0 Å². The van der Waals surface area contributed by atoms with Crippen molar-refractivity contribution in [2.24, 2.45) is 0 Å². The standard InChI is InChI=1S/C11H21BrO2/c1-2-3-4-5-6-7-10(12)8-9-11(13)14/h10H,2-9H2,1H3,(H,13,14). The molecule has 0 aromatic rings. The summed E-state index contributed by atoms with van der Waals surface area (Å²) in [6, 6.07) is 0. The van der Waals surface area contributed by atoms with Crippen LogP contribution in [-0.4, -0.2) is 15.9 Å². The first-order valence-electron chi connectivity index (χ1n) is 5.52. The number of halogens is 1. The molecule has 1 atom stereocenters. The summed E-state index contributed by atoms with van der Waals surface area (Å²) in [4.78, 5) is 10.7. The second kappa shape index (κ2) is 9.50. The summed E-state index contributed by atoms with van der Waals surface area (Å²) in [5.74, 6) is -0.694. The van der Waals surface area contributed by atoms with Gasteiger partial charge in [0.1, 0.15) is 0 Å². The van der Waals surface area contributed by atoms with Crippen molar-refractivity contribution in [3.8, 4) is 0 Å². The van der Waals surface area contributed by atoms with E-state index in [0.29, 0.717) is 4.83 Å². The molecule has 14 heavy (non-hydrogen) atoms. The summed E-state index contributed by atoms with van der Waals surface area (Å²) in [5, 5.41) is 8.48. The minimum Gasteiger partial charge on any atom is -0.481 e. The molecule has 2 nitrogen and oxygen atoms in total. The highest BCUT2D eigenvalue weighted by Crippen LogP contribution is 2.16. The van der Waals surface area contributed by atoms with E-state index in [9.17, 15) is 4.79 Å². The Balaban J connectivity index is 3.18. The van der Waals surface area contributed by atoms with E-state index in [1.54, 1.807) is 0 Å². The highest BCUT2D eigenvalue weighted by atomic mass is 79.9. The van der Waals surface area contributed by atoms with Crippen molar-refractivity contribution < 1.29 is 9.90 Å². The zero-order chi connectivity index (χ0) is 10.8. The topological polar surface area (TPSA) is 37.3 Å². The number of carboxylic acid groups (broad SMARTS) is 1. The van der Waals surface area contributed by atoms with Crippen LogP contribution in [0.3, 0.4) is 0 Å².